The van der Waals surface area contributed by atoms with E-state index < -0.39 is 6.61 Å². The quantitative estimate of drug-likeness (QED) is 0.889. The highest BCUT2D eigenvalue weighted by molar-refractivity contribution is 5.85. The number of fused-ring (bicyclic) bond motifs is 1. The van der Waals surface area contributed by atoms with Gasteiger partial charge in [0.05, 0.1) is 0 Å². The number of hydrogen-bond acceptors (Lipinski definition) is 3. The van der Waals surface area contributed by atoms with Crippen molar-refractivity contribution in [2.45, 2.75) is 19.5 Å². The first kappa shape index (κ1) is 17.9. The van der Waals surface area contributed by atoms with E-state index in [2.05, 4.69) is 10.1 Å². The van der Waals surface area contributed by atoms with Crippen molar-refractivity contribution in [1.82, 2.24) is 10.2 Å². The summed E-state index contributed by atoms with van der Waals surface area (Å²) in [6, 6.07) is 6.48. The monoisotopic (exact) mass is 346 g/mol. The summed E-state index contributed by atoms with van der Waals surface area (Å²) in [6.07, 6.45) is 1.08. The van der Waals surface area contributed by atoms with E-state index in [9.17, 15) is 13.6 Å². The highest BCUT2D eigenvalue weighted by Gasteiger charge is 2.37. The van der Waals surface area contributed by atoms with Crippen molar-refractivity contribution in [3.05, 3.63) is 29.8 Å². The Bertz CT molecular complexity index is 515. The molecule has 0 aromatic heterocycles. The molecule has 128 valence electrons. The van der Waals surface area contributed by atoms with Crippen molar-refractivity contribution in [1.29, 1.82) is 0 Å². The Kier molecular flexibility index (Phi) is 6.18. The molecule has 0 radical (unpaired) electrons. The summed E-state index contributed by atoms with van der Waals surface area (Å²) in [4.78, 5) is 14.2. The molecule has 2 saturated heterocycles. The van der Waals surface area contributed by atoms with E-state index in [1.807, 2.05) is 4.90 Å². The van der Waals surface area contributed by atoms with Crippen molar-refractivity contribution in [3.63, 3.8) is 0 Å². The Hall–Kier alpha value is -1.40. The van der Waals surface area contributed by atoms with Gasteiger partial charge in [-0.15, -0.1) is 12.4 Å². The molecule has 2 heterocycles. The first-order chi connectivity index (χ1) is 10.6. The van der Waals surface area contributed by atoms with Crippen LogP contribution in [0.1, 0.15) is 12.0 Å². The predicted molar refractivity (Wildman–Crippen MR) is 85.1 cm³/mol. The van der Waals surface area contributed by atoms with Crippen molar-refractivity contribution in [3.8, 4) is 5.75 Å². The lowest BCUT2D eigenvalue weighted by Crippen LogP contribution is -2.31. The minimum absolute atomic E-state index is 0. The Morgan fingerprint density at radius 3 is 2.39 bits per heavy atom. The summed E-state index contributed by atoms with van der Waals surface area (Å²) in [5.74, 6) is 1.54. The number of rotatable bonds is 5. The molecule has 1 N–H and O–H groups in total. The molecule has 1 aromatic carbocycles. The van der Waals surface area contributed by atoms with Crippen LogP contribution in [0, 0.1) is 11.8 Å². The predicted octanol–water partition coefficient (Wildman–Crippen LogP) is 2.32. The third-order valence-corrected chi connectivity index (χ3v) is 4.52. The molecule has 2 aliphatic rings. The van der Waals surface area contributed by atoms with Crippen molar-refractivity contribution in [2.75, 3.05) is 26.2 Å². The van der Waals surface area contributed by atoms with Crippen LogP contribution in [0.15, 0.2) is 24.3 Å². The van der Waals surface area contributed by atoms with Gasteiger partial charge in [0.15, 0.2) is 0 Å². The normalized spacial score (nSPS) is 22.8. The molecule has 0 bridgehead atoms. The summed E-state index contributed by atoms with van der Waals surface area (Å²) in [7, 11) is 0. The zero-order valence-electron chi connectivity index (χ0n) is 12.7. The van der Waals surface area contributed by atoms with Gasteiger partial charge in [-0.3, -0.25) is 4.79 Å². The van der Waals surface area contributed by atoms with Gasteiger partial charge in [-0.1, -0.05) is 12.1 Å². The second-order valence-electron chi connectivity index (χ2n) is 6.00. The Morgan fingerprint density at radius 1 is 1.22 bits per heavy atom. The molecular formula is C16H21ClF2N2O2. The van der Waals surface area contributed by atoms with Gasteiger partial charge >= 0.3 is 6.61 Å². The minimum Gasteiger partial charge on any atom is -0.435 e. The van der Waals surface area contributed by atoms with Gasteiger partial charge in [0.1, 0.15) is 5.75 Å². The molecule has 2 fully saturated rings. The fourth-order valence-corrected chi connectivity index (χ4v) is 3.31. The summed E-state index contributed by atoms with van der Waals surface area (Å²) in [5, 5.41) is 3.36. The fraction of sp³-hybridized carbons (Fsp3) is 0.562. The van der Waals surface area contributed by atoms with Gasteiger partial charge in [0, 0.05) is 32.6 Å². The van der Waals surface area contributed by atoms with E-state index in [1.54, 1.807) is 12.1 Å². The largest absolute Gasteiger partial charge is 0.435 e. The van der Waals surface area contributed by atoms with Crippen LogP contribution in [0.3, 0.4) is 0 Å². The summed E-state index contributed by atoms with van der Waals surface area (Å²) < 4.78 is 28.4. The smallest absolute Gasteiger partial charge is 0.387 e. The zero-order chi connectivity index (χ0) is 15.5. The van der Waals surface area contributed by atoms with E-state index in [0.29, 0.717) is 24.7 Å². The first-order valence-electron chi connectivity index (χ1n) is 7.64. The topological polar surface area (TPSA) is 41.6 Å². The maximum atomic E-state index is 12.2. The van der Waals surface area contributed by atoms with E-state index >= 15 is 0 Å². The average Bonchev–Trinajstić information content (AvgIpc) is 3.07. The van der Waals surface area contributed by atoms with Crippen LogP contribution >= 0.6 is 12.4 Å². The van der Waals surface area contributed by atoms with Crippen LogP contribution < -0.4 is 10.1 Å². The number of carbonyl (C=O) groups is 1. The molecule has 4 nitrogen and oxygen atoms in total. The van der Waals surface area contributed by atoms with Crippen molar-refractivity contribution in [2.24, 2.45) is 11.8 Å². The number of alkyl halides is 2. The molecule has 2 aliphatic heterocycles. The number of carbonyl (C=O) groups excluding carboxylic acids is 1. The highest BCUT2D eigenvalue weighted by Crippen LogP contribution is 2.27. The Labute approximate surface area is 140 Å². The van der Waals surface area contributed by atoms with Gasteiger partial charge in [-0.25, -0.2) is 0 Å². The lowest BCUT2D eigenvalue weighted by atomic mass is 10.0. The third-order valence-electron chi connectivity index (χ3n) is 4.52. The standard InChI is InChI=1S/C16H20F2N2O2.ClH/c17-16(18)22-14-4-1-11(2-5-14)3-6-15(21)20-9-12-7-19-8-13(12)10-20;/h1-2,4-5,12-13,16,19H,3,6-10H2;1H/t12-,13+;. The number of nitrogens with one attached hydrogen (secondary N) is 1. The Morgan fingerprint density at radius 2 is 1.83 bits per heavy atom. The SMILES string of the molecule is Cl.O=C(CCc1ccc(OC(F)F)cc1)N1C[C@H]2CNC[C@H]2C1. The molecular weight excluding hydrogens is 326 g/mol. The molecule has 0 aliphatic carbocycles. The van der Waals surface area contributed by atoms with Crippen LogP contribution in [0.5, 0.6) is 5.75 Å². The maximum absolute atomic E-state index is 12.2. The average molecular weight is 347 g/mol. The number of amides is 1. The van der Waals surface area contributed by atoms with Crippen LogP contribution in [0.25, 0.3) is 0 Å². The fourth-order valence-electron chi connectivity index (χ4n) is 3.31. The van der Waals surface area contributed by atoms with E-state index in [-0.39, 0.29) is 24.1 Å². The van der Waals surface area contributed by atoms with E-state index in [0.717, 1.165) is 31.7 Å². The van der Waals surface area contributed by atoms with Gasteiger partial charge in [-0.05, 0) is 36.0 Å². The number of hydrogen-bond donors (Lipinski definition) is 1. The Balaban J connectivity index is 0.00000192. The van der Waals surface area contributed by atoms with Crippen molar-refractivity contribution < 1.29 is 18.3 Å². The molecule has 1 aromatic rings. The minimum atomic E-state index is -2.81. The van der Waals surface area contributed by atoms with Gasteiger partial charge in [0.2, 0.25) is 5.91 Å². The second-order valence-corrected chi connectivity index (χ2v) is 6.00. The molecule has 23 heavy (non-hydrogen) atoms. The zero-order valence-corrected chi connectivity index (χ0v) is 13.5. The lowest BCUT2D eigenvalue weighted by molar-refractivity contribution is -0.130. The molecule has 0 spiro atoms. The first-order valence-corrected chi connectivity index (χ1v) is 7.64. The van der Waals surface area contributed by atoms with Gasteiger partial charge in [-0.2, -0.15) is 8.78 Å². The van der Waals surface area contributed by atoms with E-state index in [4.69, 9.17) is 0 Å². The maximum Gasteiger partial charge on any atom is 0.387 e. The van der Waals surface area contributed by atoms with Crippen LogP contribution in [0.4, 0.5) is 8.78 Å². The molecule has 1 amide bonds. The molecule has 0 saturated carbocycles. The third kappa shape index (κ3) is 4.54. The molecule has 2 atom stereocenters. The number of nitrogens with zero attached hydrogens (tertiary/aromatic N) is 1. The van der Waals surface area contributed by atoms with Crippen LogP contribution in [-0.4, -0.2) is 43.6 Å². The molecule has 0 unspecified atom stereocenters. The van der Waals surface area contributed by atoms with Crippen LogP contribution in [-0.2, 0) is 11.2 Å². The van der Waals surface area contributed by atoms with E-state index in [1.165, 1.54) is 12.1 Å². The summed E-state index contributed by atoms with van der Waals surface area (Å²) >= 11 is 0. The second kappa shape index (κ2) is 7.93. The number of benzene rings is 1. The number of ether oxygens (including phenoxy) is 1. The van der Waals surface area contributed by atoms with Gasteiger partial charge < -0.3 is 15.0 Å². The van der Waals surface area contributed by atoms with Crippen LogP contribution in [0.2, 0.25) is 0 Å². The molecule has 3 rings (SSSR count). The van der Waals surface area contributed by atoms with Gasteiger partial charge in [0.25, 0.3) is 0 Å². The van der Waals surface area contributed by atoms with Crippen molar-refractivity contribution >= 4 is 18.3 Å². The molecule has 7 heteroatoms. The summed E-state index contributed by atoms with van der Waals surface area (Å²) in [5.41, 5.74) is 0.955. The number of aryl methyl sites for hydroxylation is 1. The summed E-state index contributed by atoms with van der Waals surface area (Å²) in [6.45, 7) is 0.937. The number of likely N-dealkylation sites (tertiary alicyclic amines) is 1. The lowest BCUT2D eigenvalue weighted by Gasteiger charge is -2.17. The highest BCUT2D eigenvalue weighted by atomic mass is 35.5. The number of halogens is 3.